The largest absolute Gasteiger partial charge is 0.147 e. The molecule has 0 amide bonds. The van der Waals surface area contributed by atoms with E-state index in [9.17, 15) is 0 Å². The van der Waals surface area contributed by atoms with Gasteiger partial charge in [-0.05, 0) is 35.0 Å². The molecule has 2 aromatic carbocycles. The number of benzene rings is 2. The lowest BCUT2D eigenvalue weighted by molar-refractivity contribution is 1.74. The van der Waals surface area contributed by atoms with Gasteiger partial charge in [-0.2, -0.15) is 0 Å². The SMILES string of the molecule is Cl.Cl.Clc1ccc2cc(Cl)ccc2c1. The number of hydrogen-bond donors (Lipinski definition) is 0. The van der Waals surface area contributed by atoms with Crippen LogP contribution in [0.5, 0.6) is 0 Å². The first-order chi connectivity index (χ1) is 5.75. The molecule has 2 aromatic rings. The van der Waals surface area contributed by atoms with Crippen LogP contribution < -0.4 is 0 Å². The summed E-state index contributed by atoms with van der Waals surface area (Å²) in [5, 5.41) is 3.74. The molecular weight excluding hydrogens is 262 g/mol. The Balaban J connectivity index is 0.000000845. The summed E-state index contributed by atoms with van der Waals surface area (Å²) in [5.41, 5.74) is 0. The maximum Gasteiger partial charge on any atom is 0.0412 e. The van der Waals surface area contributed by atoms with E-state index < -0.39 is 0 Å². The molecule has 0 saturated heterocycles. The van der Waals surface area contributed by atoms with Crippen LogP contribution in [0, 0.1) is 0 Å². The lowest BCUT2D eigenvalue weighted by Gasteiger charge is -1.97. The fourth-order valence-electron chi connectivity index (χ4n) is 1.19. The number of rotatable bonds is 0. The zero-order valence-corrected chi connectivity index (χ0v) is 10.2. The second-order valence-corrected chi connectivity index (χ2v) is 3.51. The Bertz CT molecular complexity index is 384. The Morgan fingerprint density at radius 2 is 1.00 bits per heavy atom. The highest BCUT2D eigenvalue weighted by Crippen LogP contribution is 2.22. The lowest BCUT2D eigenvalue weighted by Crippen LogP contribution is -1.71. The van der Waals surface area contributed by atoms with E-state index in [0.29, 0.717) is 0 Å². The molecule has 4 heteroatoms. The van der Waals surface area contributed by atoms with Crippen molar-refractivity contribution in [3.63, 3.8) is 0 Å². The van der Waals surface area contributed by atoms with Crippen molar-refractivity contribution in [1.29, 1.82) is 0 Å². The highest BCUT2D eigenvalue weighted by molar-refractivity contribution is 6.32. The summed E-state index contributed by atoms with van der Waals surface area (Å²) in [6, 6.07) is 11.5. The summed E-state index contributed by atoms with van der Waals surface area (Å²) in [5.74, 6) is 0. The second kappa shape index (κ2) is 5.67. The van der Waals surface area contributed by atoms with Crippen LogP contribution in [0.3, 0.4) is 0 Å². The smallest absolute Gasteiger partial charge is 0.0412 e. The Morgan fingerprint density at radius 3 is 1.36 bits per heavy atom. The highest BCUT2D eigenvalue weighted by atomic mass is 35.5. The molecule has 0 saturated carbocycles. The highest BCUT2D eigenvalue weighted by Gasteiger charge is 1.94. The van der Waals surface area contributed by atoms with Crippen molar-refractivity contribution in [3.8, 4) is 0 Å². The maximum atomic E-state index is 5.83. The van der Waals surface area contributed by atoms with E-state index in [0.717, 1.165) is 20.8 Å². The molecular formula is C10H8Cl4. The summed E-state index contributed by atoms with van der Waals surface area (Å²) in [6.45, 7) is 0. The van der Waals surface area contributed by atoms with E-state index in [2.05, 4.69) is 0 Å². The van der Waals surface area contributed by atoms with Crippen molar-refractivity contribution < 1.29 is 0 Å². The van der Waals surface area contributed by atoms with Crippen LogP contribution in [0.25, 0.3) is 10.8 Å². The number of hydrogen-bond acceptors (Lipinski definition) is 0. The molecule has 0 nitrogen and oxygen atoms in total. The Hall–Kier alpha value is -0.140. The summed E-state index contributed by atoms with van der Waals surface area (Å²) in [4.78, 5) is 0. The zero-order chi connectivity index (χ0) is 8.55. The monoisotopic (exact) mass is 268 g/mol. The first kappa shape index (κ1) is 13.9. The molecule has 14 heavy (non-hydrogen) atoms. The van der Waals surface area contributed by atoms with E-state index in [4.69, 9.17) is 23.2 Å². The van der Waals surface area contributed by atoms with Gasteiger partial charge in [0.2, 0.25) is 0 Å². The Labute approximate surface area is 105 Å². The van der Waals surface area contributed by atoms with Crippen LogP contribution in [0.15, 0.2) is 36.4 Å². The third kappa shape index (κ3) is 2.93. The van der Waals surface area contributed by atoms with E-state index in [1.807, 2.05) is 36.4 Å². The van der Waals surface area contributed by atoms with Gasteiger partial charge >= 0.3 is 0 Å². The first-order valence-corrected chi connectivity index (χ1v) is 4.36. The van der Waals surface area contributed by atoms with Crippen molar-refractivity contribution in [1.82, 2.24) is 0 Å². The third-order valence-corrected chi connectivity index (χ3v) is 2.23. The summed E-state index contributed by atoms with van der Waals surface area (Å²) in [6.07, 6.45) is 0. The van der Waals surface area contributed by atoms with E-state index in [1.165, 1.54) is 0 Å². The van der Waals surface area contributed by atoms with Gasteiger partial charge < -0.3 is 0 Å². The van der Waals surface area contributed by atoms with Gasteiger partial charge in [0.25, 0.3) is 0 Å². The molecule has 0 radical (unpaired) electrons. The zero-order valence-electron chi connectivity index (χ0n) is 7.04. The Kier molecular flexibility index (Phi) is 5.61. The fourth-order valence-corrected chi connectivity index (χ4v) is 1.55. The van der Waals surface area contributed by atoms with Crippen molar-refractivity contribution in [2.75, 3.05) is 0 Å². The average molecular weight is 270 g/mol. The molecule has 0 aliphatic carbocycles. The van der Waals surface area contributed by atoms with E-state index in [1.54, 1.807) is 0 Å². The number of halogens is 4. The predicted molar refractivity (Wildman–Crippen MR) is 68.5 cm³/mol. The number of fused-ring (bicyclic) bond motifs is 1. The molecule has 2 rings (SSSR count). The van der Waals surface area contributed by atoms with E-state index >= 15 is 0 Å². The average Bonchev–Trinajstić information content (AvgIpc) is 2.05. The minimum atomic E-state index is 0. The van der Waals surface area contributed by atoms with Gasteiger partial charge in [-0.15, -0.1) is 24.8 Å². The summed E-state index contributed by atoms with van der Waals surface area (Å²) >= 11 is 11.7. The van der Waals surface area contributed by atoms with Gasteiger partial charge in [-0.3, -0.25) is 0 Å². The Morgan fingerprint density at radius 1 is 0.643 bits per heavy atom. The van der Waals surface area contributed by atoms with Crippen LogP contribution in [0.4, 0.5) is 0 Å². The lowest BCUT2D eigenvalue weighted by atomic mass is 10.1. The first-order valence-electron chi connectivity index (χ1n) is 3.60. The fraction of sp³-hybridized carbons (Fsp3) is 0. The van der Waals surface area contributed by atoms with E-state index in [-0.39, 0.29) is 24.8 Å². The van der Waals surface area contributed by atoms with Gasteiger partial charge in [0.05, 0.1) is 0 Å². The van der Waals surface area contributed by atoms with Crippen molar-refractivity contribution >= 4 is 58.8 Å². The van der Waals surface area contributed by atoms with Crippen LogP contribution in [-0.4, -0.2) is 0 Å². The topological polar surface area (TPSA) is 0 Å². The van der Waals surface area contributed by atoms with Crippen molar-refractivity contribution in [2.45, 2.75) is 0 Å². The maximum absolute atomic E-state index is 5.83. The summed E-state index contributed by atoms with van der Waals surface area (Å²) in [7, 11) is 0. The molecule has 0 atom stereocenters. The molecule has 0 spiro atoms. The molecule has 0 heterocycles. The minimum absolute atomic E-state index is 0. The predicted octanol–water partition coefficient (Wildman–Crippen LogP) is 4.99. The standard InChI is InChI=1S/C10H6Cl2.2ClH/c11-9-3-1-7-5-10(12)4-2-8(7)6-9;;/h1-6H;2*1H. The normalized spacial score (nSPS) is 9.00. The molecule has 0 N–H and O–H groups in total. The van der Waals surface area contributed by atoms with Gasteiger partial charge in [0.1, 0.15) is 0 Å². The van der Waals surface area contributed by atoms with Crippen LogP contribution in [0.2, 0.25) is 10.0 Å². The van der Waals surface area contributed by atoms with Gasteiger partial charge in [-0.1, -0.05) is 35.3 Å². The molecule has 0 aliphatic heterocycles. The third-order valence-electron chi connectivity index (χ3n) is 1.76. The molecule has 0 unspecified atom stereocenters. The van der Waals surface area contributed by atoms with Gasteiger partial charge in [-0.25, -0.2) is 0 Å². The molecule has 0 aliphatic rings. The quantitative estimate of drug-likeness (QED) is 0.632. The van der Waals surface area contributed by atoms with Gasteiger partial charge in [0, 0.05) is 10.0 Å². The van der Waals surface area contributed by atoms with Crippen molar-refractivity contribution in [3.05, 3.63) is 46.4 Å². The van der Waals surface area contributed by atoms with Crippen LogP contribution in [-0.2, 0) is 0 Å². The molecule has 76 valence electrons. The van der Waals surface area contributed by atoms with Gasteiger partial charge in [0.15, 0.2) is 0 Å². The van der Waals surface area contributed by atoms with Crippen molar-refractivity contribution in [2.24, 2.45) is 0 Å². The minimum Gasteiger partial charge on any atom is -0.147 e. The van der Waals surface area contributed by atoms with Crippen LogP contribution >= 0.6 is 48.0 Å². The molecule has 0 aromatic heterocycles. The summed E-state index contributed by atoms with van der Waals surface area (Å²) < 4.78 is 0. The van der Waals surface area contributed by atoms with Crippen LogP contribution in [0.1, 0.15) is 0 Å². The molecule has 0 bridgehead atoms. The molecule has 0 fully saturated rings. The second-order valence-electron chi connectivity index (χ2n) is 2.64.